The number of aliphatic imine (C=N–C) groups is 1. The summed E-state index contributed by atoms with van der Waals surface area (Å²) in [6.45, 7) is 6.82. The lowest BCUT2D eigenvalue weighted by atomic mass is 10.1. The van der Waals surface area contributed by atoms with E-state index in [2.05, 4.69) is 26.3 Å². The standard InChI is InChI=1S/C19H29N5O2/c1-3-20-19(23-11-9-21-17(25)15-7-8-15)24-12-10-22-18(26)16-6-4-5-14(2)13-16/h4-6,13,15H,3,7-12H2,1-2H3,(H,21,25)(H,22,26)(H2,20,23,24). The van der Waals surface area contributed by atoms with E-state index in [1.165, 1.54) is 0 Å². The number of benzene rings is 1. The Labute approximate surface area is 155 Å². The lowest BCUT2D eigenvalue weighted by Gasteiger charge is -2.12. The maximum atomic E-state index is 12.1. The van der Waals surface area contributed by atoms with Crippen LogP contribution in [0.5, 0.6) is 0 Å². The molecule has 2 rings (SSSR count). The van der Waals surface area contributed by atoms with Gasteiger partial charge in [-0.1, -0.05) is 17.7 Å². The predicted octanol–water partition coefficient (Wildman–Crippen LogP) is 0.806. The van der Waals surface area contributed by atoms with Gasteiger partial charge in [0.1, 0.15) is 0 Å². The van der Waals surface area contributed by atoms with Gasteiger partial charge in [-0.3, -0.25) is 14.6 Å². The fourth-order valence-electron chi connectivity index (χ4n) is 2.42. The Hall–Kier alpha value is -2.57. The lowest BCUT2D eigenvalue weighted by Crippen LogP contribution is -2.42. The largest absolute Gasteiger partial charge is 0.357 e. The van der Waals surface area contributed by atoms with Crippen LogP contribution >= 0.6 is 0 Å². The number of aryl methyl sites for hydroxylation is 1. The summed E-state index contributed by atoms with van der Waals surface area (Å²) in [6, 6.07) is 7.51. The van der Waals surface area contributed by atoms with Crippen molar-refractivity contribution in [1.29, 1.82) is 0 Å². The highest BCUT2D eigenvalue weighted by molar-refractivity contribution is 5.94. The average molecular weight is 359 g/mol. The van der Waals surface area contributed by atoms with Crippen molar-refractivity contribution in [1.82, 2.24) is 21.3 Å². The normalized spacial score (nSPS) is 13.8. The van der Waals surface area contributed by atoms with E-state index in [0.29, 0.717) is 37.7 Å². The quantitative estimate of drug-likeness (QED) is 0.298. The minimum absolute atomic E-state index is 0.0831. The summed E-state index contributed by atoms with van der Waals surface area (Å²) in [5, 5.41) is 12.1. The lowest BCUT2D eigenvalue weighted by molar-refractivity contribution is -0.122. The summed E-state index contributed by atoms with van der Waals surface area (Å²) < 4.78 is 0. The van der Waals surface area contributed by atoms with Crippen molar-refractivity contribution in [3.8, 4) is 0 Å². The zero-order valence-corrected chi connectivity index (χ0v) is 15.6. The van der Waals surface area contributed by atoms with Gasteiger partial charge in [0, 0.05) is 37.7 Å². The van der Waals surface area contributed by atoms with Crippen LogP contribution in [0.2, 0.25) is 0 Å². The highest BCUT2D eigenvalue weighted by atomic mass is 16.2. The number of amides is 2. The van der Waals surface area contributed by atoms with Crippen molar-refractivity contribution < 1.29 is 9.59 Å². The van der Waals surface area contributed by atoms with Crippen molar-refractivity contribution in [3.63, 3.8) is 0 Å². The molecule has 1 aromatic carbocycles. The number of nitrogens with zero attached hydrogens (tertiary/aromatic N) is 1. The first-order valence-electron chi connectivity index (χ1n) is 9.25. The number of guanidine groups is 1. The highest BCUT2D eigenvalue weighted by Gasteiger charge is 2.28. The van der Waals surface area contributed by atoms with E-state index in [0.717, 1.165) is 24.9 Å². The molecule has 0 saturated heterocycles. The van der Waals surface area contributed by atoms with E-state index in [9.17, 15) is 9.59 Å². The van der Waals surface area contributed by atoms with Crippen molar-refractivity contribution in [2.24, 2.45) is 10.9 Å². The molecule has 0 aliphatic heterocycles. The minimum Gasteiger partial charge on any atom is -0.357 e. The van der Waals surface area contributed by atoms with Crippen LogP contribution in [0.3, 0.4) is 0 Å². The van der Waals surface area contributed by atoms with E-state index in [1.54, 1.807) is 6.07 Å². The Morgan fingerprint density at radius 3 is 2.54 bits per heavy atom. The van der Waals surface area contributed by atoms with Crippen LogP contribution in [-0.2, 0) is 4.79 Å². The van der Waals surface area contributed by atoms with Crippen molar-refractivity contribution in [2.75, 3.05) is 32.7 Å². The summed E-state index contributed by atoms with van der Waals surface area (Å²) in [6.07, 6.45) is 2.02. The van der Waals surface area contributed by atoms with Gasteiger partial charge in [-0.15, -0.1) is 0 Å². The van der Waals surface area contributed by atoms with Gasteiger partial charge in [-0.2, -0.15) is 0 Å². The highest BCUT2D eigenvalue weighted by Crippen LogP contribution is 2.28. The SMILES string of the molecule is CCNC(=NCCNC(=O)C1CC1)NCCNC(=O)c1cccc(C)c1. The second kappa shape index (κ2) is 10.4. The molecule has 4 N–H and O–H groups in total. The van der Waals surface area contributed by atoms with Gasteiger partial charge < -0.3 is 21.3 Å². The topological polar surface area (TPSA) is 94.6 Å². The molecule has 142 valence electrons. The first-order valence-corrected chi connectivity index (χ1v) is 9.25. The van der Waals surface area contributed by atoms with E-state index in [1.807, 2.05) is 32.0 Å². The Morgan fingerprint density at radius 1 is 1.08 bits per heavy atom. The molecule has 7 nitrogen and oxygen atoms in total. The third-order valence-electron chi connectivity index (χ3n) is 3.96. The molecular weight excluding hydrogens is 330 g/mol. The van der Waals surface area contributed by atoms with Gasteiger partial charge >= 0.3 is 0 Å². The van der Waals surface area contributed by atoms with Crippen LogP contribution in [0, 0.1) is 12.8 Å². The molecule has 0 radical (unpaired) electrons. The molecule has 0 heterocycles. The Kier molecular flexibility index (Phi) is 7.92. The molecule has 0 spiro atoms. The van der Waals surface area contributed by atoms with Crippen molar-refractivity contribution in [2.45, 2.75) is 26.7 Å². The van der Waals surface area contributed by atoms with Crippen LogP contribution in [0.1, 0.15) is 35.7 Å². The summed E-state index contributed by atoms with van der Waals surface area (Å²) in [4.78, 5) is 28.1. The molecule has 7 heteroatoms. The number of carbonyl (C=O) groups is 2. The van der Waals surface area contributed by atoms with Gasteiger partial charge in [-0.05, 0) is 38.8 Å². The third kappa shape index (κ3) is 7.13. The van der Waals surface area contributed by atoms with E-state index in [-0.39, 0.29) is 17.7 Å². The molecule has 1 fully saturated rings. The number of nitrogens with one attached hydrogen (secondary N) is 4. The Balaban J connectivity index is 1.65. The summed E-state index contributed by atoms with van der Waals surface area (Å²) >= 11 is 0. The van der Waals surface area contributed by atoms with E-state index in [4.69, 9.17) is 0 Å². The smallest absolute Gasteiger partial charge is 0.251 e. The van der Waals surface area contributed by atoms with E-state index >= 15 is 0 Å². The maximum Gasteiger partial charge on any atom is 0.251 e. The molecule has 1 saturated carbocycles. The van der Waals surface area contributed by atoms with Crippen LogP contribution in [0.15, 0.2) is 29.3 Å². The van der Waals surface area contributed by atoms with Crippen LogP contribution in [-0.4, -0.2) is 50.5 Å². The van der Waals surface area contributed by atoms with Gasteiger partial charge in [-0.25, -0.2) is 0 Å². The Bertz CT molecular complexity index is 641. The van der Waals surface area contributed by atoms with Gasteiger partial charge in [0.05, 0.1) is 6.54 Å². The zero-order chi connectivity index (χ0) is 18.8. The second-order valence-electron chi connectivity index (χ2n) is 6.38. The fourth-order valence-corrected chi connectivity index (χ4v) is 2.42. The third-order valence-corrected chi connectivity index (χ3v) is 3.96. The fraction of sp³-hybridized carbons (Fsp3) is 0.526. The minimum atomic E-state index is -0.0831. The molecule has 2 amide bonds. The van der Waals surface area contributed by atoms with Gasteiger partial charge in [0.15, 0.2) is 5.96 Å². The summed E-state index contributed by atoms with van der Waals surface area (Å²) in [5.74, 6) is 0.956. The summed E-state index contributed by atoms with van der Waals surface area (Å²) in [5.41, 5.74) is 1.73. The number of hydrogen-bond donors (Lipinski definition) is 4. The molecule has 0 unspecified atom stereocenters. The molecule has 1 aliphatic carbocycles. The molecule has 1 aromatic rings. The number of rotatable bonds is 9. The summed E-state index contributed by atoms with van der Waals surface area (Å²) in [7, 11) is 0. The van der Waals surface area contributed by atoms with Crippen LogP contribution in [0.4, 0.5) is 0 Å². The number of hydrogen-bond acceptors (Lipinski definition) is 3. The van der Waals surface area contributed by atoms with Crippen LogP contribution in [0.25, 0.3) is 0 Å². The zero-order valence-electron chi connectivity index (χ0n) is 15.6. The van der Waals surface area contributed by atoms with Crippen molar-refractivity contribution >= 4 is 17.8 Å². The molecular formula is C19H29N5O2. The maximum absolute atomic E-state index is 12.1. The predicted molar refractivity (Wildman–Crippen MR) is 103 cm³/mol. The van der Waals surface area contributed by atoms with Gasteiger partial charge in [0.2, 0.25) is 5.91 Å². The van der Waals surface area contributed by atoms with E-state index < -0.39 is 0 Å². The first kappa shape index (κ1) is 19.8. The Morgan fingerprint density at radius 2 is 1.85 bits per heavy atom. The van der Waals surface area contributed by atoms with Crippen molar-refractivity contribution in [3.05, 3.63) is 35.4 Å². The van der Waals surface area contributed by atoms with Gasteiger partial charge in [0.25, 0.3) is 5.91 Å². The number of carbonyl (C=O) groups excluding carboxylic acids is 2. The molecule has 26 heavy (non-hydrogen) atoms. The second-order valence-corrected chi connectivity index (χ2v) is 6.38. The molecule has 1 aliphatic rings. The monoisotopic (exact) mass is 359 g/mol. The average Bonchev–Trinajstić information content (AvgIpc) is 3.47. The molecule has 0 atom stereocenters. The molecule has 0 aromatic heterocycles. The van der Waals surface area contributed by atoms with Crippen LogP contribution < -0.4 is 21.3 Å². The first-order chi connectivity index (χ1) is 12.6. The molecule has 0 bridgehead atoms.